The largest absolute Gasteiger partial charge is 0.314 e. The normalized spacial score (nSPS) is 18.3. The maximum absolute atomic E-state index is 3.82. The Labute approximate surface area is 128 Å². The molecule has 0 heterocycles. The van der Waals surface area contributed by atoms with E-state index >= 15 is 0 Å². The molecule has 0 aliphatic heterocycles. The molecule has 1 atom stereocenters. The van der Waals surface area contributed by atoms with Crippen LogP contribution >= 0.6 is 0 Å². The van der Waals surface area contributed by atoms with E-state index in [-0.39, 0.29) is 0 Å². The molecule has 1 fully saturated rings. The van der Waals surface area contributed by atoms with Crippen LogP contribution in [0.15, 0.2) is 0 Å². The van der Waals surface area contributed by atoms with Crippen molar-refractivity contribution in [3.05, 3.63) is 0 Å². The molecule has 0 radical (unpaired) electrons. The number of nitrogens with one attached hydrogen (secondary N) is 1. The molecule has 0 spiro atoms. The molecule has 0 saturated heterocycles. The van der Waals surface area contributed by atoms with Crippen LogP contribution in [0.4, 0.5) is 0 Å². The summed E-state index contributed by atoms with van der Waals surface area (Å²) >= 11 is 0. The molecular weight excluding hydrogens is 242 g/mol. The van der Waals surface area contributed by atoms with Crippen molar-refractivity contribution in [2.45, 2.75) is 110 Å². The Balaban J connectivity index is 2.13. The highest BCUT2D eigenvalue weighted by Crippen LogP contribution is 2.28. The molecule has 1 N–H and O–H groups in total. The van der Waals surface area contributed by atoms with Gasteiger partial charge in [0.2, 0.25) is 0 Å². The van der Waals surface area contributed by atoms with Crippen LogP contribution in [0.25, 0.3) is 0 Å². The summed E-state index contributed by atoms with van der Waals surface area (Å²) in [5, 5.41) is 3.82. The summed E-state index contributed by atoms with van der Waals surface area (Å²) in [5.74, 6) is 1.03. The van der Waals surface area contributed by atoms with E-state index in [4.69, 9.17) is 0 Å². The van der Waals surface area contributed by atoms with Crippen LogP contribution in [0.1, 0.15) is 104 Å². The Morgan fingerprint density at radius 2 is 1.55 bits per heavy atom. The van der Waals surface area contributed by atoms with Gasteiger partial charge in [-0.1, -0.05) is 84.5 Å². The third kappa shape index (κ3) is 9.00. The second kappa shape index (κ2) is 12.7. The van der Waals surface area contributed by atoms with Crippen LogP contribution in [0, 0.1) is 5.92 Å². The molecule has 1 aliphatic rings. The molecule has 0 aromatic carbocycles. The lowest BCUT2D eigenvalue weighted by Gasteiger charge is -2.27. The van der Waals surface area contributed by atoms with Gasteiger partial charge in [-0.3, -0.25) is 0 Å². The molecular formula is C19H39N. The van der Waals surface area contributed by atoms with E-state index < -0.39 is 0 Å². The first-order valence-corrected chi connectivity index (χ1v) is 9.60. The Kier molecular flexibility index (Phi) is 11.4. The van der Waals surface area contributed by atoms with Crippen LogP contribution in [0.3, 0.4) is 0 Å². The van der Waals surface area contributed by atoms with Crippen LogP contribution < -0.4 is 5.32 Å². The van der Waals surface area contributed by atoms with E-state index in [0.29, 0.717) is 0 Å². The maximum atomic E-state index is 3.82. The molecule has 0 aromatic rings. The molecule has 1 unspecified atom stereocenters. The van der Waals surface area contributed by atoms with Crippen molar-refractivity contribution in [1.29, 1.82) is 0 Å². The van der Waals surface area contributed by atoms with Crippen molar-refractivity contribution in [3.63, 3.8) is 0 Å². The standard InChI is InChI=1S/C19H39N/c1-3-5-6-7-8-12-15-19(20-16-4-2)17-18-13-10-9-11-14-18/h18-20H,3-17H2,1-2H3. The summed E-state index contributed by atoms with van der Waals surface area (Å²) in [4.78, 5) is 0. The highest BCUT2D eigenvalue weighted by Gasteiger charge is 2.18. The van der Waals surface area contributed by atoms with E-state index in [1.807, 2.05) is 0 Å². The average Bonchev–Trinajstić information content (AvgIpc) is 2.49. The second-order valence-corrected chi connectivity index (χ2v) is 6.95. The van der Waals surface area contributed by atoms with Crippen molar-refractivity contribution in [2.24, 2.45) is 5.92 Å². The molecule has 1 rings (SSSR count). The number of hydrogen-bond donors (Lipinski definition) is 1. The van der Waals surface area contributed by atoms with Gasteiger partial charge in [-0.15, -0.1) is 0 Å². The fraction of sp³-hybridized carbons (Fsp3) is 1.00. The van der Waals surface area contributed by atoms with Crippen molar-refractivity contribution in [1.82, 2.24) is 5.32 Å². The van der Waals surface area contributed by atoms with Crippen molar-refractivity contribution < 1.29 is 0 Å². The summed E-state index contributed by atoms with van der Waals surface area (Å²) in [6.45, 7) is 5.80. The molecule has 0 amide bonds. The number of hydrogen-bond acceptors (Lipinski definition) is 1. The monoisotopic (exact) mass is 281 g/mol. The summed E-state index contributed by atoms with van der Waals surface area (Å²) in [7, 11) is 0. The maximum Gasteiger partial charge on any atom is 0.00696 e. The van der Waals surface area contributed by atoms with Gasteiger partial charge in [0.05, 0.1) is 0 Å². The number of unbranched alkanes of at least 4 members (excludes halogenated alkanes) is 5. The summed E-state index contributed by atoms with van der Waals surface area (Å²) < 4.78 is 0. The smallest absolute Gasteiger partial charge is 0.00696 e. The lowest BCUT2D eigenvalue weighted by atomic mass is 9.84. The van der Waals surface area contributed by atoms with Gasteiger partial charge >= 0.3 is 0 Å². The summed E-state index contributed by atoms with van der Waals surface area (Å²) in [5.41, 5.74) is 0. The Morgan fingerprint density at radius 3 is 2.25 bits per heavy atom. The third-order valence-corrected chi connectivity index (χ3v) is 4.93. The fourth-order valence-electron chi connectivity index (χ4n) is 3.65. The molecule has 1 saturated carbocycles. The lowest BCUT2D eigenvalue weighted by Crippen LogP contribution is -2.32. The SMILES string of the molecule is CCCCCCCCC(CC1CCCCC1)NCCC. The van der Waals surface area contributed by atoms with Crippen molar-refractivity contribution in [3.8, 4) is 0 Å². The van der Waals surface area contributed by atoms with Gasteiger partial charge in [0.1, 0.15) is 0 Å². The first kappa shape index (κ1) is 18.0. The minimum absolute atomic E-state index is 0.809. The van der Waals surface area contributed by atoms with Gasteiger partial charge in [-0.2, -0.15) is 0 Å². The summed E-state index contributed by atoms with van der Waals surface area (Å²) in [6.07, 6.45) is 20.2. The first-order chi connectivity index (χ1) is 9.86. The highest BCUT2D eigenvalue weighted by atomic mass is 14.9. The Bertz CT molecular complexity index is 196. The topological polar surface area (TPSA) is 12.0 Å². The van der Waals surface area contributed by atoms with Gasteiger partial charge in [0, 0.05) is 6.04 Å². The Hall–Kier alpha value is -0.0400. The van der Waals surface area contributed by atoms with Gasteiger partial charge in [-0.05, 0) is 31.7 Å². The Morgan fingerprint density at radius 1 is 0.850 bits per heavy atom. The van der Waals surface area contributed by atoms with Gasteiger partial charge in [0.15, 0.2) is 0 Å². The van der Waals surface area contributed by atoms with Gasteiger partial charge in [-0.25, -0.2) is 0 Å². The first-order valence-electron chi connectivity index (χ1n) is 9.60. The van der Waals surface area contributed by atoms with E-state index in [2.05, 4.69) is 19.2 Å². The lowest BCUT2D eigenvalue weighted by molar-refractivity contribution is 0.287. The quantitative estimate of drug-likeness (QED) is 0.428. The summed E-state index contributed by atoms with van der Waals surface area (Å²) in [6, 6.07) is 0.809. The zero-order chi connectivity index (χ0) is 14.5. The van der Waals surface area contributed by atoms with Gasteiger partial charge < -0.3 is 5.32 Å². The van der Waals surface area contributed by atoms with E-state index in [1.54, 1.807) is 0 Å². The zero-order valence-electron chi connectivity index (χ0n) is 14.3. The molecule has 1 nitrogen and oxygen atoms in total. The van der Waals surface area contributed by atoms with E-state index in [0.717, 1.165) is 12.0 Å². The molecule has 20 heavy (non-hydrogen) atoms. The minimum atomic E-state index is 0.809. The average molecular weight is 282 g/mol. The molecule has 1 aliphatic carbocycles. The van der Waals surface area contributed by atoms with Crippen LogP contribution in [-0.4, -0.2) is 12.6 Å². The number of rotatable bonds is 12. The third-order valence-electron chi connectivity index (χ3n) is 4.93. The van der Waals surface area contributed by atoms with Crippen LogP contribution in [0.5, 0.6) is 0 Å². The molecule has 0 bridgehead atoms. The van der Waals surface area contributed by atoms with Crippen LogP contribution in [0.2, 0.25) is 0 Å². The molecule has 0 aromatic heterocycles. The van der Waals surface area contributed by atoms with Crippen molar-refractivity contribution in [2.75, 3.05) is 6.54 Å². The van der Waals surface area contributed by atoms with Gasteiger partial charge in [0.25, 0.3) is 0 Å². The predicted octanol–water partition coefficient (Wildman–Crippen LogP) is 6.08. The predicted molar refractivity (Wildman–Crippen MR) is 91.3 cm³/mol. The van der Waals surface area contributed by atoms with E-state index in [1.165, 1.54) is 96.4 Å². The fourth-order valence-corrected chi connectivity index (χ4v) is 3.65. The molecule has 1 heteroatoms. The molecule has 120 valence electrons. The zero-order valence-corrected chi connectivity index (χ0v) is 14.3. The van der Waals surface area contributed by atoms with Crippen LogP contribution in [-0.2, 0) is 0 Å². The minimum Gasteiger partial charge on any atom is -0.314 e. The second-order valence-electron chi connectivity index (χ2n) is 6.95. The highest BCUT2D eigenvalue weighted by molar-refractivity contribution is 4.75. The van der Waals surface area contributed by atoms with Crippen molar-refractivity contribution >= 4 is 0 Å². The van der Waals surface area contributed by atoms with E-state index in [9.17, 15) is 0 Å².